The molecule has 3 rings (SSSR count). The Labute approximate surface area is 162 Å². The molecule has 9 heteroatoms. The molecule has 0 unspecified atom stereocenters. The van der Waals surface area contributed by atoms with Gasteiger partial charge < -0.3 is 10.1 Å². The largest absolute Gasteiger partial charge is 0.495 e. The van der Waals surface area contributed by atoms with Crippen molar-refractivity contribution in [2.75, 3.05) is 17.7 Å². The zero-order chi connectivity index (χ0) is 18.5. The molecule has 0 radical (unpaired) electrons. The van der Waals surface area contributed by atoms with Gasteiger partial charge in [0.2, 0.25) is 5.91 Å². The molecule has 6 nitrogen and oxygen atoms in total. The van der Waals surface area contributed by atoms with E-state index in [9.17, 15) is 9.59 Å². The summed E-state index contributed by atoms with van der Waals surface area (Å²) in [5.41, 5.74) is 1.64. The second kappa shape index (κ2) is 8.31. The third-order valence-electron chi connectivity index (χ3n) is 3.33. The lowest BCUT2D eigenvalue weighted by Gasteiger charge is -2.10. The van der Waals surface area contributed by atoms with Crippen molar-refractivity contribution in [3.8, 4) is 5.75 Å². The van der Waals surface area contributed by atoms with Crippen LogP contribution < -0.4 is 15.4 Å². The number of benzene rings is 1. The summed E-state index contributed by atoms with van der Waals surface area (Å²) < 4.78 is 5.20. The molecule has 0 fully saturated rings. The number of methoxy groups -OCH3 is 1. The van der Waals surface area contributed by atoms with Crippen LogP contribution in [0.5, 0.6) is 5.75 Å². The van der Waals surface area contributed by atoms with Crippen LogP contribution in [0.2, 0.25) is 5.02 Å². The molecule has 0 atom stereocenters. The number of amides is 2. The standard InChI is InChI=1S/C17H14ClN3O3S2/c1-24-14-3-2-11(18)6-13(14)20-15(22)7-12-9-26-17(19-12)21-16(23)10-4-5-25-8-10/h2-6,8-9H,7H2,1H3,(H,20,22)(H,19,21,23). The highest BCUT2D eigenvalue weighted by molar-refractivity contribution is 7.14. The van der Waals surface area contributed by atoms with Crippen molar-refractivity contribution in [2.45, 2.75) is 6.42 Å². The second-order valence-electron chi connectivity index (χ2n) is 5.18. The maximum atomic E-state index is 12.2. The molecular weight excluding hydrogens is 394 g/mol. The molecule has 3 aromatic rings. The first kappa shape index (κ1) is 18.4. The van der Waals surface area contributed by atoms with Crippen molar-refractivity contribution in [3.63, 3.8) is 0 Å². The van der Waals surface area contributed by atoms with Gasteiger partial charge in [0.1, 0.15) is 5.75 Å². The molecule has 0 saturated carbocycles. The van der Waals surface area contributed by atoms with Crippen LogP contribution >= 0.6 is 34.3 Å². The Morgan fingerprint density at radius 2 is 2.08 bits per heavy atom. The molecule has 1 aromatic carbocycles. The average Bonchev–Trinajstić information content (AvgIpc) is 3.27. The minimum absolute atomic E-state index is 0.0699. The van der Waals surface area contributed by atoms with Gasteiger partial charge in [-0.1, -0.05) is 11.6 Å². The number of ether oxygens (including phenoxy) is 1. The summed E-state index contributed by atoms with van der Waals surface area (Å²) in [7, 11) is 1.52. The summed E-state index contributed by atoms with van der Waals surface area (Å²) in [5.74, 6) is 0.0385. The first-order valence-corrected chi connectivity index (χ1v) is 9.66. The molecule has 0 bridgehead atoms. The third kappa shape index (κ3) is 4.60. The smallest absolute Gasteiger partial charge is 0.258 e. The molecule has 0 aliphatic rings. The normalized spacial score (nSPS) is 10.4. The van der Waals surface area contributed by atoms with Gasteiger partial charge in [0.05, 0.1) is 30.5 Å². The first-order valence-electron chi connectivity index (χ1n) is 7.46. The fraction of sp³-hybridized carbons (Fsp3) is 0.118. The lowest BCUT2D eigenvalue weighted by molar-refractivity contribution is -0.115. The van der Waals surface area contributed by atoms with E-state index < -0.39 is 0 Å². The van der Waals surface area contributed by atoms with Gasteiger partial charge in [0, 0.05) is 15.8 Å². The van der Waals surface area contributed by atoms with Crippen molar-refractivity contribution < 1.29 is 14.3 Å². The minimum Gasteiger partial charge on any atom is -0.495 e. The molecule has 2 amide bonds. The van der Waals surface area contributed by atoms with Crippen LogP contribution in [0.1, 0.15) is 16.1 Å². The number of anilines is 2. The minimum atomic E-state index is -0.258. The predicted octanol–water partition coefficient (Wildman–Crippen LogP) is 4.30. The lowest BCUT2D eigenvalue weighted by Crippen LogP contribution is -2.15. The number of hydrogen-bond acceptors (Lipinski definition) is 6. The van der Waals surface area contributed by atoms with Gasteiger partial charge in [-0.15, -0.1) is 11.3 Å². The molecule has 2 heterocycles. The van der Waals surface area contributed by atoms with Crippen LogP contribution in [0.4, 0.5) is 10.8 Å². The number of nitrogens with one attached hydrogen (secondary N) is 2. The zero-order valence-electron chi connectivity index (χ0n) is 13.6. The molecule has 134 valence electrons. The number of thiazole rings is 1. The van der Waals surface area contributed by atoms with Gasteiger partial charge in [-0.25, -0.2) is 4.98 Å². The highest BCUT2D eigenvalue weighted by atomic mass is 35.5. The fourth-order valence-electron chi connectivity index (χ4n) is 2.15. The van der Waals surface area contributed by atoms with Gasteiger partial charge in [-0.2, -0.15) is 11.3 Å². The molecule has 0 aliphatic heterocycles. The SMILES string of the molecule is COc1ccc(Cl)cc1NC(=O)Cc1csc(NC(=O)c2ccsc2)n1. The highest BCUT2D eigenvalue weighted by Crippen LogP contribution is 2.28. The third-order valence-corrected chi connectivity index (χ3v) is 5.06. The highest BCUT2D eigenvalue weighted by Gasteiger charge is 2.13. The van der Waals surface area contributed by atoms with E-state index in [1.54, 1.807) is 35.0 Å². The Morgan fingerprint density at radius 1 is 1.23 bits per heavy atom. The molecule has 0 saturated heterocycles. The summed E-state index contributed by atoms with van der Waals surface area (Å²) >= 11 is 8.67. The van der Waals surface area contributed by atoms with Crippen LogP contribution in [0.15, 0.2) is 40.4 Å². The van der Waals surface area contributed by atoms with E-state index in [-0.39, 0.29) is 18.2 Å². The molecular formula is C17H14ClN3O3S2. The topological polar surface area (TPSA) is 80.3 Å². The quantitative estimate of drug-likeness (QED) is 0.638. The van der Waals surface area contributed by atoms with Crippen LogP contribution in [-0.2, 0) is 11.2 Å². The number of rotatable bonds is 6. The van der Waals surface area contributed by atoms with E-state index in [0.29, 0.717) is 32.8 Å². The predicted molar refractivity (Wildman–Crippen MR) is 105 cm³/mol. The van der Waals surface area contributed by atoms with Crippen molar-refractivity contribution in [1.82, 2.24) is 4.98 Å². The number of halogens is 1. The molecule has 2 aromatic heterocycles. The summed E-state index contributed by atoms with van der Waals surface area (Å²) in [6.07, 6.45) is 0.0699. The lowest BCUT2D eigenvalue weighted by atomic mass is 10.2. The summed E-state index contributed by atoms with van der Waals surface area (Å²) in [5, 5.41) is 11.7. The number of carbonyl (C=O) groups excluding carboxylic acids is 2. The number of aromatic nitrogens is 1. The van der Waals surface area contributed by atoms with Gasteiger partial charge in [0.15, 0.2) is 5.13 Å². The van der Waals surface area contributed by atoms with E-state index in [0.717, 1.165) is 0 Å². The van der Waals surface area contributed by atoms with E-state index in [2.05, 4.69) is 15.6 Å². The van der Waals surface area contributed by atoms with Gasteiger partial charge in [0.25, 0.3) is 5.91 Å². The van der Waals surface area contributed by atoms with Crippen LogP contribution in [0.25, 0.3) is 0 Å². The van der Waals surface area contributed by atoms with E-state index in [1.807, 2.05) is 5.38 Å². The van der Waals surface area contributed by atoms with Crippen LogP contribution in [0, 0.1) is 0 Å². The van der Waals surface area contributed by atoms with Gasteiger partial charge >= 0.3 is 0 Å². The molecule has 2 N–H and O–H groups in total. The Balaban J connectivity index is 1.61. The van der Waals surface area contributed by atoms with E-state index in [4.69, 9.17) is 16.3 Å². The second-order valence-corrected chi connectivity index (χ2v) is 7.25. The maximum Gasteiger partial charge on any atom is 0.258 e. The van der Waals surface area contributed by atoms with E-state index in [1.165, 1.54) is 29.8 Å². The molecule has 0 spiro atoms. The summed E-state index contributed by atoms with van der Waals surface area (Å²) in [6, 6.07) is 6.71. The Bertz CT molecular complexity index is 925. The number of hydrogen-bond donors (Lipinski definition) is 2. The van der Waals surface area contributed by atoms with Crippen LogP contribution in [-0.4, -0.2) is 23.9 Å². The number of nitrogens with zero attached hydrogens (tertiary/aromatic N) is 1. The first-order chi connectivity index (χ1) is 12.5. The monoisotopic (exact) mass is 407 g/mol. The Morgan fingerprint density at radius 3 is 2.81 bits per heavy atom. The van der Waals surface area contributed by atoms with Crippen molar-refractivity contribution in [2.24, 2.45) is 0 Å². The van der Waals surface area contributed by atoms with Crippen molar-refractivity contribution in [1.29, 1.82) is 0 Å². The van der Waals surface area contributed by atoms with Gasteiger partial charge in [-0.05, 0) is 29.6 Å². The Hall–Kier alpha value is -2.42. The number of carbonyl (C=O) groups is 2. The fourth-order valence-corrected chi connectivity index (χ4v) is 3.66. The number of thiophene rings is 1. The maximum absolute atomic E-state index is 12.2. The molecule has 26 heavy (non-hydrogen) atoms. The summed E-state index contributed by atoms with van der Waals surface area (Å²) in [6.45, 7) is 0. The zero-order valence-corrected chi connectivity index (χ0v) is 16.0. The average molecular weight is 408 g/mol. The van der Waals surface area contributed by atoms with Crippen LogP contribution in [0.3, 0.4) is 0 Å². The molecule has 0 aliphatic carbocycles. The summed E-state index contributed by atoms with van der Waals surface area (Å²) in [4.78, 5) is 28.5. The van der Waals surface area contributed by atoms with Crippen molar-refractivity contribution in [3.05, 3.63) is 56.7 Å². The van der Waals surface area contributed by atoms with Crippen molar-refractivity contribution >= 4 is 56.9 Å². The Kier molecular flexibility index (Phi) is 5.87. The van der Waals surface area contributed by atoms with Gasteiger partial charge in [-0.3, -0.25) is 14.9 Å². The van der Waals surface area contributed by atoms with E-state index >= 15 is 0 Å².